The van der Waals surface area contributed by atoms with Crippen LogP contribution in [0.1, 0.15) is 10.4 Å². The van der Waals surface area contributed by atoms with Crippen LogP contribution in [0.5, 0.6) is 0 Å². The molecule has 0 bridgehead atoms. The van der Waals surface area contributed by atoms with E-state index in [2.05, 4.69) is 4.98 Å². The van der Waals surface area contributed by atoms with Crippen LogP contribution < -0.4 is 0 Å². The molecule has 104 valence electrons. The van der Waals surface area contributed by atoms with E-state index < -0.39 is 5.97 Å². The van der Waals surface area contributed by atoms with E-state index in [1.165, 1.54) is 25.4 Å². The van der Waals surface area contributed by atoms with Crippen LogP contribution in [-0.2, 0) is 4.74 Å². The molecule has 0 amide bonds. The van der Waals surface area contributed by atoms with Crippen molar-refractivity contribution in [2.24, 2.45) is 0 Å². The van der Waals surface area contributed by atoms with Gasteiger partial charge < -0.3 is 4.74 Å². The lowest BCUT2D eigenvalue weighted by atomic mass is 10.0. The van der Waals surface area contributed by atoms with Crippen LogP contribution >= 0.6 is 46.4 Å². The number of hydrogen-bond donors (Lipinski definition) is 0. The molecule has 0 spiro atoms. The van der Waals surface area contributed by atoms with Crippen LogP contribution in [0.25, 0.3) is 11.1 Å². The third kappa shape index (κ3) is 2.86. The summed E-state index contributed by atoms with van der Waals surface area (Å²) in [6, 6.07) is 4.54. The Kier molecular flexibility index (Phi) is 4.76. The molecule has 0 aliphatic rings. The summed E-state index contributed by atoms with van der Waals surface area (Å²) in [5, 5.41) is 0.958. The number of ether oxygens (including phenoxy) is 1. The molecular weight excluding hydrogens is 344 g/mol. The number of pyridine rings is 1. The number of esters is 1. The summed E-state index contributed by atoms with van der Waals surface area (Å²) in [7, 11) is 1.27. The number of hydrogen-bond acceptors (Lipinski definition) is 3. The van der Waals surface area contributed by atoms with Gasteiger partial charge in [-0.2, -0.15) is 0 Å². The highest BCUT2D eigenvalue weighted by atomic mass is 35.5. The van der Waals surface area contributed by atoms with Crippen LogP contribution in [0.15, 0.2) is 24.4 Å². The second-order valence-corrected chi connectivity index (χ2v) is 5.34. The number of halogens is 4. The maximum Gasteiger partial charge on any atom is 0.338 e. The molecule has 3 nitrogen and oxygen atoms in total. The molecule has 7 heteroatoms. The molecule has 0 saturated heterocycles. The Morgan fingerprint density at radius 1 is 1.20 bits per heavy atom. The van der Waals surface area contributed by atoms with Crippen molar-refractivity contribution in [3.8, 4) is 11.1 Å². The van der Waals surface area contributed by atoms with Crippen molar-refractivity contribution in [3.63, 3.8) is 0 Å². The number of carbonyl (C=O) groups is 1. The predicted octanol–water partition coefficient (Wildman–Crippen LogP) is 5.15. The van der Waals surface area contributed by atoms with Crippen molar-refractivity contribution in [1.82, 2.24) is 4.98 Å². The fourth-order valence-electron chi connectivity index (χ4n) is 1.71. The second-order valence-electron chi connectivity index (χ2n) is 3.77. The van der Waals surface area contributed by atoms with Gasteiger partial charge in [0, 0.05) is 22.3 Å². The molecule has 0 aliphatic carbocycles. The molecule has 0 fully saturated rings. The Bertz CT molecular complexity index is 688. The largest absolute Gasteiger partial charge is 0.465 e. The summed E-state index contributed by atoms with van der Waals surface area (Å²) in [5.41, 5.74) is 0.978. The molecule has 0 unspecified atom stereocenters. The first-order valence-corrected chi connectivity index (χ1v) is 6.84. The van der Waals surface area contributed by atoms with Gasteiger partial charge in [-0.05, 0) is 18.2 Å². The molecule has 20 heavy (non-hydrogen) atoms. The summed E-state index contributed by atoms with van der Waals surface area (Å²) in [5.74, 6) is -0.559. The first-order chi connectivity index (χ1) is 9.45. The van der Waals surface area contributed by atoms with Gasteiger partial charge in [0.2, 0.25) is 0 Å². The minimum Gasteiger partial charge on any atom is -0.465 e. The van der Waals surface area contributed by atoms with Crippen molar-refractivity contribution < 1.29 is 9.53 Å². The Morgan fingerprint density at radius 3 is 2.55 bits per heavy atom. The minimum absolute atomic E-state index is 0.105. The number of carbonyl (C=O) groups excluding carboxylic acids is 1. The van der Waals surface area contributed by atoms with E-state index in [-0.39, 0.29) is 20.8 Å². The first kappa shape index (κ1) is 15.4. The van der Waals surface area contributed by atoms with Crippen molar-refractivity contribution in [1.29, 1.82) is 0 Å². The molecule has 0 aliphatic heterocycles. The molecule has 1 aromatic carbocycles. The van der Waals surface area contributed by atoms with Gasteiger partial charge >= 0.3 is 5.97 Å². The Labute approximate surface area is 135 Å². The fraction of sp³-hybridized carbons (Fsp3) is 0.0769. The number of methoxy groups -OCH3 is 1. The van der Waals surface area contributed by atoms with Crippen LogP contribution in [0.3, 0.4) is 0 Å². The Hall–Kier alpha value is -1.000. The lowest BCUT2D eigenvalue weighted by Gasteiger charge is -2.12. The van der Waals surface area contributed by atoms with Gasteiger partial charge in [0.25, 0.3) is 0 Å². The molecular formula is C13H7Cl4NO2. The highest BCUT2D eigenvalue weighted by Crippen LogP contribution is 2.40. The van der Waals surface area contributed by atoms with Gasteiger partial charge in [0.05, 0.1) is 22.7 Å². The highest BCUT2D eigenvalue weighted by molar-refractivity contribution is 6.45. The quantitative estimate of drug-likeness (QED) is 0.427. The van der Waals surface area contributed by atoms with E-state index in [1.54, 1.807) is 6.07 Å². The van der Waals surface area contributed by atoms with Crippen LogP contribution in [0.4, 0.5) is 0 Å². The van der Waals surface area contributed by atoms with E-state index in [0.29, 0.717) is 16.1 Å². The van der Waals surface area contributed by atoms with Crippen molar-refractivity contribution in [2.75, 3.05) is 7.11 Å². The Balaban J connectivity index is 2.79. The van der Waals surface area contributed by atoms with Crippen molar-refractivity contribution >= 4 is 52.4 Å². The van der Waals surface area contributed by atoms with Gasteiger partial charge in [-0.15, -0.1) is 0 Å². The molecule has 2 rings (SSSR count). The lowest BCUT2D eigenvalue weighted by molar-refractivity contribution is 0.0601. The highest BCUT2D eigenvalue weighted by Gasteiger charge is 2.20. The SMILES string of the molecule is COC(=O)c1ccnc(Cl)c1-c1cc(Cl)cc(Cl)c1Cl. The van der Waals surface area contributed by atoms with Gasteiger partial charge in [0.1, 0.15) is 5.15 Å². The van der Waals surface area contributed by atoms with Crippen LogP contribution in [-0.4, -0.2) is 18.1 Å². The molecule has 0 radical (unpaired) electrons. The zero-order chi connectivity index (χ0) is 14.9. The van der Waals surface area contributed by atoms with E-state index in [1.807, 2.05) is 0 Å². The van der Waals surface area contributed by atoms with Gasteiger partial charge in [-0.3, -0.25) is 0 Å². The zero-order valence-corrected chi connectivity index (χ0v) is 13.1. The zero-order valence-electron chi connectivity index (χ0n) is 10.1. The minimum atomic E-state index is -0.559. The number of rotatable bonds is 2. The monoisotopic (exact) mass is 349 g/mol. The molecule has 2 aromatic rings. The summed E-state index contributed by atoms with van der Waals surface area (Å²) < 4.78 is 4.72. The maximum atomic E-state index is 11.8. The molecule has 0 saturated carbocycles. The summed E-state index contributed by atoms with van der Waals surface area (Å²) in [6.45, 7) is 0. The normalized spacial score (nSPS) is 10.4. The van der Waals surface area contributed by atoms with Crippen molar-refractivity contribution in [3.05, 3.63) is 50.2 Å². The maximum absolute atomic E-state index is 11.8. The molecule has 0 N–H and O–H groups in total. The summed E-state index contributed by atoms with van der Waals surface area (Å²) in [4.78, 5) is 15.8. The number of nitrogens with zero attached hydrogens (tertiary/aromatic N) is 1. The van der Waals surface area contributed by atoms with Gasteiger partial charge in [0.15, 0.2) is 0 Å². The lowest BCUT2D eigenvalue weighted by Crippen LogP contribution is -2.05. The van der Waals surface area contributed by atoms with Gasteiger partial charge in [-0.1, -0.05) is 46.4 Å². The van der Waals surface area contributed by atoms with E-state index >= 15 is 0 Å². The summed E-state index contributed by atoms with van der Waals surface area (Å²) >= 11 is 24.2. The van der Waals surface area contributed by atoms with Crippen LogP contribution in [0.2, 0.25) is 20.2 Å². The fourth-order valence-corrected chi connectivity index (χ4v) is 2.67. The topological polar surface area (TPSA) is 39.2 Å². The number of benzene rings is 1. The first-order valence-electron chi connectivity index (χ1n) is 5.33. The average Bonchev–Trinajstić information content (AvgIpc) is 2.42. The van der Waals surface area contributed by atoms with Crippen LogP contribution in [0, 0.1) is 0 Å². The molecule has 1 heterocycles. The third-order valence-corrected chi connectivity index (χ3v) is 3.88. The van der Waals surface area contributed by atoms with E-state index in [9.17, 15) is 4.79 Å². The summed E-state index contributed by atoms with van der Waals surface area (Å²) in [6.07, 6.45) is 1.40. The predicted molar refractivity (Wildman–Crippen MR) is 81.1 cm³/mol. The van der Waals surface area contributed by atoms with E-state index in [0.717, 1.165) is 0 Å². The number of aromatic nitrogens is 1. The standard InChI is InChI=1S/C13H7Cl4NO2/c1-20-13(19)7-2-3-18-12(17)10(7)8-4-6(14)5-9(15)11(8)16/h2-5H,1H3. The molecule has 1 aromatic heterocycles. The Morgan fingerprint density at radius 2 is 1.90 bits per heavy atom. The van der Waals surface area contributed by atoms with E-state index in [4.69, 9.17) is 51.1 Å². The van der Waals surface area contributed by atoms with Gasteiger partial charge in [-0.25, -0.2) is 9.78 Å². The van der Waals surface area contributed by atoms with Crippen molar-refractivity contribution in [2.45, 2.75) is 0 Å². The average molecular weight is 351 g/mol. The smallest absolute Gasteiger partial charge is 0.338 e. The third-order valence-electron chi connectivity index (χ3n) is 2.57. The second kappa shape index (κ2) is 6.19. The molecule has 0 atom stereocenters.